The molecule has 1 aliphatic rings. The lowest BCUT2D eigenvalue weighted by Gasteiger charge is -2.34. The van der Waals surface area contributed by atoms with Crippen LogP contribution in [0.1, 0.15) is 20.8 Å². The summed E-state index contributed by atoms with van der Waals surface area (Å²) in [6.07, 6.45) is 1.57. The SMILES string of the molecule is Cc1sc2ncnc(Sc3ccccc3C(=O)N3CCN(S(=O)(=O)c4ccccc4)CC3)c2c1C. The van der Waals surface area contributed by atoms with E-state index in [4.69, 9.17) is 0 Å². The normalized spacial score (nSPS) is 15.0. The monoisotopic (exact) mass is 524 g/mol. The van der Waals surface area contributed by atoms with Crippen LogP contribution in [-0.4, -0.2) is 59.7 Å². The predicted octanol–water partition coefficient (Wildman–Crippen LogP) is 4.61. The average Bonchev–Trinajstić information content (AvgIpc) is 3.18. The van der Waals surface area contributed by atoms with Crippen LogP contribution in [0.15, 0.2) is 75.7 Å². The fraction of sp³-hybridized carbons (Fsp3) is 0.240. The van der Waals surface area contributed by atoms with Crippen molar-refractivity contribution in [2.75, 3.05) is 26.2 Å². The number of aromatic nitrogens is 2. The Labute approximate surface area is 212 Å². The smallest absolute Gasteiger partial charge is 0.255 e. The fourth-order valence-corrected chi connectivity index (χ4v) is 7.68. The van der Waals surface area contributed by atoms with Gasteiger partial charge in [0, 0.05) is 41.3 Å². The van der Waals surface area contributed by atoms with E-state index in [0.717, 1.165) is 25.7 Å². The van der Waals surface area contributed by atoms with Crippen LogP contribution in [-0.2, 0) is 10.0 Å². The summed E-state index contributed by atoms with van der Waals surface area (Å²) in [6, 6.07) is 15.9. The Kier molecular flexibility index (Phi) is 6.63. The van der Waals surface area contributed by atoms with E-state index in [0.29, 0.717) is 18.7 Å². The molecular formula is C25H24N4O3S3. The molecule has 0 aliphatic carbocycles. The van der Waals surface area contributed by atoms with Crippen molar-refractivity contribution in [3.05, 3.63) is 76.9 Å². The highest BCUT2D eigenvalue weighted by Gasteiger charge is 2.31. The zero-order chi connectivity index (χ0) is 24.6. The fourth-order valence-electron chi connectivity index (χ4n) is 4.11. The standard InChI is InChI=1S/C25H24N4O3S3/c1-17-18(2)33-23-22(17)24(27-16-26-23)34-21-11-7-6-10-20(21)25(30)28-12-14-29(15-13-28)35(31,32)19-8-4-3-5-9-19/h3-11,16H,12-15H2,1-2H3. The van der Waals surface area contributed by atoms with E-state index in [1.54, 1.807) is 52.9 Å². The van der Waals surface area contributed by atoms with Crippen molar-refractivity contribution in [3.63, 3.8) is 0 Å². The van der Waals surface area contributed by atoms with Crippen molar-refractivity contribution in [1.82, 2.24) is 19.2 Å². The van der Waals surface area contributed by atoms with E-state index in [1.807, 2.05) is 24.3 Å². The number of sulfonamides is 1. The largest absolute Gasteiger partial charge is 0.336 e. The summed E-state index contributed by atoms with van der Waals surface area (Å²) in [5.41, 5.74) is 1.75. The van der Waals surface area contributed by atoms with E-state index in [-0.39, 0.29) is 23.9 Å². The molecule has 35 heavy (non-hydrogen) atoms. The second kappa shape index (κ2) is 9.69. The summed E-state index contributed by atoms with van der Waals surface area (Å²) in [4.78, 5) is 27.4. The van der Waals surface area contributed by atoms with Gasteiger partial charge in [-0.2, -0.15) is 4.31 Å². The van der Waals surface area contributed by atoms with Gasteiger partial charge in [-0.3, -0.25) is 4.79 Å². The highest BCUT2D eigenvalue weighted by molar-refractivity contribution is 7.99. The molecule has 1 amide bonds. The van der Waals surface area contributed by atoms with Gasteiger partial charge in [-0.05, 0) is 43.7 Å². The number of carbonyl (C=O) groups is 1. The zero-order valence-corrected chi connectivity index (χ0v) is 21.8. The number of aryl methyl sites for hydroxylation is 2. The van der Waals surface area contributed by atoms with Crippen LogP contribution in [0.5, 0.6) is 0 Å². The van der Waals surface area contributed by atoms with Crippen LogP contribution in [0.4, 0.5) is 0 Å². The molecule has 1 aliphatic heterocycles. The van der Waals surface area contributed by atoms with Gasteiger partial charge in [0.1, 0.15) is 16.2 Å². The molecule has 0 bridgehead atoms. The molecule has 180 valence electrons. The predicted molar refractivity (Wildman–Crippen MR) is 139 cm³/mol. The minimum absolute atomic E-state index is 0.103. The van der Waals surface area contributed by atoms with Crippen molar-refractivity contribution in [2.45, 2.75) is 28.7 Å². The summed E-state index contributed by atoms with van der Waals surface area (Å²) in [5.74, 6) is -0.103. The van der Waals surface area contributed by atoms with Crippen LogP contribution >= 0.6 is 23.1 Å². The van der Waals surface area contributed by atoms with Gasteiger partial charge in [0.25, 0.3) is 5.91 Å². The second-order valence-corrected chi connectivity index (χ2v) is 12.4. The van der Waals surface area contributed by atoms with E-state index in [2.05, 4.69) is 23.8 Å². The van der Waals surface area contributed by atoms with Gasteiger partial charge >= 0.3 is 0 Å². The summed E-state index contributed by atoms with van der Waals surface area (Å²) >= 11 is 3.11. The van der Waals surface area contributed by atoms with Crippen molar-refractivity contribution in [2.24, 2.45) is 0 Å². The van der Waals surface area contributed by atoms with Crippen LogP contribution in [0.3, 0.4) is 0 Å². The quantitative estimate of drug-likeness (QED) is 0.355. The molecular weight excluding hydrogens is 501 g/mol. The van der Waals surface area contributed by atoms with Gasteiger partial charge in [-0.1, -0.05) is 42.1 Å². The molecule has 2 aromatic carbocycles. The van der Waals surface area contributed by atoms with Crippen molar-refractivity contribution in [1.29, 1.82) is 0 Å². The first-order valence-electron chi connectivity index (χ1n) is 11.2. The molecule has 5 rings (SSSR count). The lowest BCUT2D eigenvalue weighted by Crippen LogP contribution is -2.50. The molecule has 3 heterocycles. The van der Waals surface area contributed by atoms with Crippen LogP contribution in [0.25, 0.3) is 10.2 Å². The Bertz CT molecular complexity index is 1500. The molecule has 0 N–H and O–H groups in total. The third-order valence-electron chi connectivity index (χ3n) is 6.16. The summed E-state index contributed by atoms with van der Waals surface area (Å²) in [6.45, 7) is 5.35. The topological polar surface area (TPSA) is 83.5 Å². The minimum atomic E-state index is -3.57. The third-order valence-corrected chi connectivity index (χ3v) is 10.3. The van der Waals surface area contributed by atoms with E-state index < -0.39 is 10.0 Å². The number of amides is 1. The summed E-state index contributed by atoms with van der Waals surface area (Å²) in [7, 11) is -3.57. The second-order valence-electron chi connectivity index (χ2n) is 8.25. The van der Waals surface area contributed by atoms with Crippen molar-refractivity contribution in [3.8, 4) is 0 Å². The van der Waals surface area contributed by atoms with Crippen LogP contribution in [0, 0.1) is 13.8 Å². The Morgan fingerprint density at radius 3 is 2.37 bits per heavy atom. The molecule has 4 aromatic rings. The van der Waals surface area contributed by atoms with Gasteiger partial charge in [0.05, 0.1) is 10.5 Å². The molecule has 0 atom stereocenters. The van der Waals surface area contributed by atoms with Gasteiger partial charge in [-0.15, -0.1) is 11.3 Å². The molecule has 10 heteroatoms. The Morgan fingerprint density at radius 1 is 0.943 bits per heavy atom. The molecule has 0 saturated carbocycles. The maximum Gasteiger partial charge on any atom is 0.255 e. The van der Waals surface area contributed by atoms with E-state index in [1.165, 1.54) is 20.9 Å². The van der Waals surface area contributed by atoms with Crippen molar-refractivity contribution < 1.29 is 13.2 Å². The highest BCUT2D eigenvalue weighted by Crippen LogP contribution is 2.38. The average molecular weight is 525 g/mol. The molecule has 1 saturated heterocycles. The van der Waals surface area contributed by atoms with Gasteiger partial charge in [0.2, 0.25) is 10.0 Å². The molecule has 0 spiro atoms. The van der Waals surface area contributed by atoms with Gasteiger partial charge in [-0.25, -0.2) is 18.4 Å². The number of hydrogen-bond donors (Lipinski definition) is 0. The summed E-state index contributed by atoms with van der Waals surface area (Å²) < 4.78 is 27.3. The van der Waals surface area contributed by atoms with Gasteiger partial charge in [0.15, 0.2) is 0 Å². The Balaban J connectivity index is 1.35. The number of piperazine rings is 1. The van der Waals surface area contributed by atoms with Gasteiger partial charge < -0.3 is 4.90 Å². The number of hydrogen-bond acceptors (Lipinski definition) is 7. The first kappa shape index (κ1) is 23.9. The van der Waals surface area contributed by atoms with E-state index in [9.17, 15) is 13.2 Å². The lowest BCUT2D eigenvalue weighted by molar-refractivity contribution is 0.0694. The Hall–Kier alpha value is -2.79. The maximum absolute atomic E-state index is 13.5. The number of nitrogens with zero attached hydrogens (tertiary/aromatic N) is 4. The Morgan fingerprint density at radius 2 is 1.63 bits per heavy atom. The summed E-state index contributed by atoms with van der Waals surface area (Å²) in [5, 5.41) is 1.86. The minimum Gasteiger partial charge on any atom is -0.336 e. The van der Waals surface area contributed by atoms with E-state index >= 15 is 0 Å². The number of carbonyl (C=O) groups excluding carboxylic acids is 1. The lowest BCUT2D eigenvalue weighted by atomic mass is 10.2. The number of thiophene rings is 1. The molecule has 7 nitrogen and oxygen atoms in total. The van der Waals surface area contributed by atoms with Crippen molar-refractivity contribution >= 4 is 49.2 Å². The zero-order valence-electron chi connectivity index (χ0n) is 19.3. The maximum atomic E-state index is 13.5. The van der Waals surface area contributed by atoms with Crippen LogP contribution < -0.4 is 0 Å². The third kappa shape index (κ3) is 4.58. The first-order valence-corrected chi connectivity index (χ1v) is 14.3. The molecule has 0 unspecified atom stereocenters. The molecule has 0 radical (unpaired) electrons. The molecule has 1 fully saturated rings. The first-order chi connectivity index (χ1) is 16.9. The number of benzene rings is 2. The molecule has 2 aromatic heterocycles. The highest BCUT2D eigenvalue weighted by atomic mass is 32.2. The van der Waals surface area contributed by atoms with Crippen LogP contribution in [0.2, 0.25) is 0 Å². The number of fused-ring (bicyclic) bond motifs is 1. The number of rotatable bonds is 5.